The van der Waals surface area contributed by atoms with Crippen LogP contribution in [-0.2, 0) is 9.53 Å². The number of rotatable bonds is 3. The number of hydrogen-bond donors (Lipinski definition) is 1. The van der Waals surface area contributed by atoms with Crippen LogP contribution in [0.25, 0.3) is 0 Å². The summed E-state index contributed by atoms with van der Waals surface area (Å²) in [5, 5.41) is 2.95. The number of amides is 1. The SMILES string of the molecule is C[C@H](NC(=O)[C@@]1(C)CC1(Cl)Cl)[C@H]1CCCO1. The number of nitrogens with one attached hydrogen (secondary N) is 1. The number of carbonyl (C=O) groups excluding carboxylic acids is 1. The van der Waals surface area contributed by atoms with Gasteiger partial charge in [-0.3, -0.25) is 4.79 Å². The van der Waals surface area contributed by atoms with Gasteiger partial charge < -0.3 is 10.1 Å². The van der Waals surface area contributed by atoms with Crippen molar-refractivity contribution in [2.24, 2.45) is 5.41 Å². The highest BCUT2D eigenvalue weighted by atomic mass is 35.5. The van der Waals surface area contributed by atoms with Gasteiger partial charge in [0.15, 0.2) is 0 Å². The Bertz CT molecular complexity index is 302. The second-order valence-corrected chi connectivity index (χ2v) is 6.51. The summed E-state index contributed by atoms with van der Waals surface area (Å²) < 4.78 is 4.62. The molecule has 1 amide bonds. The van der Waals surface area contributed by atoms with E-state index in [1.807, 2.05) is 6.92 Å². The first-order chi connectivity index (χ1) is 7.37. The van der Waals surface area contributed by atoms with E-state index in [1.54, 1.807) is 6.92 Å². The van der Waals surface area contributed by atoms with Gasteiger partial charge in [-0.25, -0.2) is 0 Å². The Labute approximate surface area is 106 Å². The molecule has 1 saturated carbocycles. The van der Waals surface area contributed by atoms with Crippen molar-refractivity contribution in [3.8, 4) is 0 Å². The van der Waals surface area contributed by atoms with Crippen LogP contribution in [0, 0.1) is 5.41 Å². The third-order valence-electron chi connectivity index (χ3n) is 3.64. The molecule has 0 spiro atoms. The van der Waals surface area contributed by atoms with Gasteiger partial charge in [0, 0.05) is 6.61 Å². The molecule has 0 unspecified atom stereocenters. The maximum absolute atomic E-state index is 12.0. The highest BCUT2D eigenvalue weighted by Gasteiger charge is 2.68. The molecule has 2 fully saturated rings. The quantitative estimate of drug-likeness (QED) is 0.796. The van der Waals surface area contributed by atoms with Crippen LogP contribution in [0.4, 0.5) is 0 Å². The minimum absolute atomic E-state index is 0.0246. The molecule has 92 valence electrons. The largest absolute Gasteiger partial charge is 0.376 e. The summed E-state index contributed by atoms with van der Waals surface area (Å²) in [6.07, 6.45) is 2.72. The van der Waals surface area contributed by atoms with Crippen molar-refractivity contribution >= 4 is 29.1 Å². The highest BCUT2D eigenvalue weighted by molar-refractivity contribution is 6.53. The van der Waals surface area contributed by atoms with Crippen molar-refractivity contribution in [2.45, 2.75) is 49.6 Å². The predicted octanol–water partition coefficient (Wildman–Crippen LogP) is 2.25. The monoisotopic (exact) mass is 265 g/mol. The summed E-state index contributed by atoms with van der Waals surface area (Å²) in [4.78, 5) is 12.0. The van der Waals surface area contributed by atoms with Crippen LogP contribution in [-0.4, -0.2) is 29.0 Å². The number of halogens is 2. The van der Waals surface area contributed by atoms with Crippen LogP contribution in [0.15, 0.2) is 0 Å². The smallest absolute Gasteiger partial charge is 0.229 e. The lowest BCUT2D eigenvalue weighted by atomic mass is 10.1. The molecule has 1 aliphatic heterocycles. The molecule has 0 bridgehead atoms. The minimum atomic E-state index is -0.895. The zero-order valence-electron chi connectivity index (χ0n) is 9.56. The van der Waals surface area contributed by atoms with Crippen LogP contribution in [0.1, 0.15) is 33.1 Å². The number of ether oxygens (including phenoxy) is 1. The van der Waals surface area contributed by atoms with Crippen LogP contribution in [0.5, 0.6) is 0 Å². The molecule has 1 saturated heterocycles. The lowest BCUT2D eigenvalue weighted by molar-refractivity contribution is -0.127. The lowest BCUT2D eigenvalue weighted by Crippen LogP contribution is -2.44. The first-order valence-corrected chi connectivity index (χ1v) is 6.43. The van der Waals surface area contributed by atoms with Gasteiger partial charge in [-0.1, -0.05) is 0 Å². The van der Waals surface area contributed by atoms with Gasteiger partial charge >= 0.3 is 0 Å². The molecule has 1 N–H and O–H groups in total. The molecule has 1 heterocycles. The summed E-state index contributed by atoms with van der Waals surface area (Å²) in [6, 6.07) is 0.0246. The Morgan fingerprint density at radius 1 is 1.56 bits per heavy atom. The molecule has 2 rings (SSSR count). The lowest BCUT2D eigenvalue weighted by Gasteiger charge is -2.22. The molecule has 1 aliphatic carbocycles. The van der Waals surface area contributed by atoms with Gasteiger partial charge in [-0.15, -0.1) is 23.2 Å². The normalized spacial score (nSPS) is 38.1. The number of carbonyl (C=O) groups is 1. The Kier molecular flexibility index (Phi) is 3.15. The Morgan fingerprint density at radius 2 is 2.19 bits per heavy atom. The third kappa shape index (κ3) is 2.05. The minimum Gasteiger partial charge on any atom is -0.376 e. The Morgan fingerprint density at radius 3 is 2.62 bits per heavy atom. The fraction of sp³-hybridized carbons (Fsp3) is 0.909. The second kappa shape index (κ2) is 4.04. The molecule has 3 nitrogen and oxygen atoms in total. The van der Waals surface area contributed by atoms with Gasteiger partial charge in [-0.05, 0) is 33.1 Å². The molecular formula is C11H17Cl2NO2. The zero-order valence-corrected chi connectivity index (χ0v) is 11.1. The highest BCUT2D eigenvalue weighted by Crippen LogP contribution is 2.63. The van der Waals surface area contributed by atoms with Crippen LogP contribution < -0.4 is 5.32 Å². The van der Waals surface area contributed by atoms with Crippen molar-refractivity contribution in [3.05, 3.63) is 0 Å². The predicted molar refractivity (Wildman–Crippen MR) is 63.7 cm³/mol. The summed E-state index contributed by atoms with van der Waals surface area (Å²) in [5.41, 5.74) is -0.636. The van der Waals surface area contributed by atoms with E-state index in [-0.39, 0.29) is 18.1 Å². The van der Waals surface area contributed by atoms with E-state index in [0.29, 0.717) is 6.42 Å². The standard InChI is InChI=1S/C11H17Cl2NO2/c1-7(8-4-3-5-16-8)14-9(15)10(2)6-11(10,12)13/h7-8H,3-6H2,1-2H3,(H,14,15)/t7-,8+,10+/m0/s1. The maximum Gasteiger partial charge on any atom is 0.229 e. The van der Waals surface area contributed by atoms with Crippen LogP contribution >= 0.6 is 23.2 Å². The van der Waals surface area contributed by atoms with Crippen molar-refractivity contribution < 1.29 is 9.53 Å². The Balaban J connectivity index is 1.88. The van der Waals surface area contributed by atoms with Crippen LogP contribution in [0.3, 0.4) is 0 Å². The molecule has 0 aromatic heterocycles. The summed E-state index contributed by atoms with van der Waals surface area (Å²) in [5.74, 6) is -0.0690. The van der Waals surface area contributed by atoms with E-state index in [2.05, 4.69) is 5.32 Å². The molecule has 2 aliphatic rings. The van der Waals surface area contributed by atoms with E-state index in [9.17, 15) is 4.79 Å². The van der Waals surface area contributed by atoms with Gasteiger partial charge in [0.1, 0.15) is 4.33 Å². The fourth-order valence-corrected chi connectivity index (χ4v) is 2.81. The molecule has 5 heteroatoms. The third-order valence-corrected chi connectivity index (χ3v) is 4.74. The first-order valence-electron chi connectivity index (χ1n) is 5.67. The average molecular weight is 266 g/mol. The van der Waals surface area contributed by atoms with E-state index in [0.717, 1.165) is 19.4 Å². The molecular weight excluding hydrogens is 249 g/mol. The molecule has 0 aromatic rings. The van der Waals surface area contributed by atoms with E-state index < -0.39 is 9.75 Å². The topological polar surface area (TPSA) is 38.3 Å². The summed E-state index contributed by atoms with van der Waals surface area (Å²) >= 11 is 11.9. The summed E-state index contributed by atoms with van der Waals surface area (Å²) in [7, 11) is 0. The van der Waals surface area contributed by atoms with Crippen LogP contribution in [0.2, 0.25) is 0 Å². The van der Waals surface area contributed by atoms with Gasteiger partial charge in [-0.2, -0.15) is 0 Å². The van der Waals surface area contributed by atoms with Gasteiger partial charge in [0.05, 0.1) is 17.6 Å². The molecule has 0 radical (unpaired) electrons. The van der Waals surface area contributed by atoms with Crippen molar-refractivity contribution in [1.29, 1.82) is 0 Å². The molecule has 16 heavy (non-hydrogen) atoms. The van der Waals surface area contributed by atoms with Crippen molar-refractivity contribution in [2.75, 3.05) is 6.61 Å². The van der Waals surface area contributed by atoms with Crippen molar-refractivity contribution in [1.82, 2.24) is 5.32 Å². The summed E-state index contributed by atoms with van der Waals surface area (Å²) in [6.45, 7) is 4.55. The molecule has 0 aromatic carbocycles. The van der Waals surface area contributed by atoms with E-state index in [4.69, 9.17) is 27.9 Å². The van der Waals surface area contributed by atoms with E-state index in [1.165, 1.54) is 0 Å². The van der Waals surface area contributed by atoms with Gasteiger partial charge in [0.25, 0.3) is 0 Å². The van der Waals surface area contributed by atoms with E-state index >= 15 is 0 Å². The molecule has 3 atom stereocenters. The average Bonchev–Trinajstić information content (AvgIpc) is 2.63. The zero-order chi connectivity index (χ0) is 12.0. The maximum atomic E-state index is 12.0. The fourth-order valence-electron chi connectivity index (χ4n) is 2.10. The first kappa shape index (κ1) is 12.5. The number of alkyl halides is 2. The van der Waals surface area contributed by atoms with Crippen molar-refractivity contribution in [3.63, 3.8) is 0 Å². The second-order valence-electron chi connectivity index (χ2n) is 5.03. The Hall–Kier alpha value is 0.01000. The van der Waals surface area contributed by atoms with Gasteiger partial charge in [0.2, 0.25) is 5.91 Å². The number of hydrogen-bond acceptors (Lipinski definition) is 2.